The molecule has 0 atom stereocenters. The summed E-state index contributed by atoms with van der Waals surface area (Å²) in [6, 6.07) is 8.82. The SMILES string of the molecule is Cc1ccc(Cl)cc1Nc1ccc(NS(=O)(=O)c2c(C)noc2C)nc1. The van der Waals surface area contributed by atoms with Crippen LogP contribution in [0.5, 0.6) is 0 Å². The van der Waals surface area contributed by atoms with Crippen LogP contribution in [-0.4, -0.2) is 18.6 Å². The maximum Gasteiger partial charge on any atom is 0.268 e. The highest BCUT2D eigenvalue weighted by molar-refractivity contribution is 7.92. The second-order valence-corrected chi connectivity index (χ2v) is 7.83. The van der Waals surface area contributed by atoms with Gasteiger partial charge in [0.15, 0.2) is 10.7 Å². The molecule has 0 radical (unpaired) electrons. The van der Waals surface area contributed by atoms with Gasteiger partial charge < -0.3 is 9.84 Å². The fourth-order valence-corrected chi connectivity index (χ4v) is 3.97. The lowest BCUT2D eigenvalue weighted by atomic mass is 10.2. The predicted octanol–water partition coefficient (Wildman–Crippen LogP) is 4.19. The average Bonchev–Trinajstić information content (AvgIpc) is 2.92. The Morgan fingerprint density at radius 2 is 1.88 bits per heavy atom. The Morgan fingerprint density at radius 3 is 2.50 bits per heavy atom. The van der Waals surface area contributed by atoms with Gasteiger partial charge in [-0.15, -0.1) is 0 Å². The van der Waals surface area contributed by atoms with Gasteiger partial charge in [0.25, 0.3) is 10.0 Å². The highest BCUT2D eigenvalue weighted by Gasteiger charge is 2.24. The Labute approximate surface area is 156 Å². The first-order chi connectivity index (χ1) is 12.3. The number of benzene rings is 1. The van der Waals surface area contributed by atoms with Crippen LogP contribution in [0.3, 0.4) is 0 Å². The first-order valence-corrected chi connectivity index (χ1v) is 9.57. The topological polar surface area (TPSA) is 97.1 Å². The van der Waals surface area contributed by atoms with Crippen LogP contribution in [0.1, 0.15) is 17.0 Å². The number of aryl methyl sites for hydroxylation is 3. The normalized spacial score (nSPS) is 11.4. The smallest absolute Gasteiger partial charge is 0.268 e. The van der Waals surface area contributed by atoms with Crippen molar-refractivity contribution in [1.29, 1.82) is 0 Å². The lowest BCUT2D eigenvalue weighted by Crippen LogP contribution is -2.15. The van der Waals surface area contributed by atoms with E-state index < -0.39 is 10.0 Å². The van der Waals surface area contributed by atoms with E-state index in [1.165, 1.54) is 6.20 Å². The van der Waals surface area contributed by atoms with Crippen LogP contribution in [0.25, 0.3) is 0 Å². The number of anilines is 3. The van der Waals surface area contributed by atoms with Crippen molar-refractivity contribution in [3.63, 3.8) is 0 Å². The number of hydrogen-bond donors (Lipinski definition) is 2. The molecule has 2 N–H and O–H groups in total. The van der Waals surface area contributed by atoms with Gasteiger partial charge in [-0.1, -0.05) is 22.8 Å². The van der Waals surface area contributed by atoms with E-state index in [2.05, 4.69) is 20.2 Å². The summed E-state index contributed by atoms with van der Waals surface area (Å²) < 4.78 is 32.3. The molecule has 2 aromatic heterocycles. The van der Waals surface area contributed by atoms with Crippen LogP contribution in [-0.2, 0) is 10.0 Å². The molecule has 3 rings (SSSR count). The molecule has 0 fully saturated rings. The molecular formula is C17H17ClN4O3S. The molecule has 0 aliphatic heterocycles. The average molecular weight is 393 g/mol. The molecule has 3 aromatic rings. The zero-order chi connectivity index (χ0) is 18.9. The van der Waals surface area contributed by atoms with Gasteiger partial charge in [0.2, 0.25) is 0 Å². The van der Waals surface area contributed by atoms with Crippen LogP contribution in [0, 0.1) is 20.8 Å². The van der Waals surface area contributed by atoms with Gasteiger partial charge in [-0.3, -0.25) is 4.72 Å². The van der Waals surface area contributed by atoms with Gasteiger partial charge in [0.1, 0.15) is 11.5 Å². The Balaban J connectivity index is 1.79. The molecule has 0 saturated heterocycles. The fraction of sp³-hybridized carbons (Fsp3) is 0.176. The molecule has 0 spiro atoms. The van der Waals surface area contributed by atoms with Crippen molar-refractivity contribution in [1.82, 2.24) is 10.1 Å². The fourth-order valence-electron chi connectivity index (χ4n) is 2.46. The second kappa shape index (κ2) is 6.97. The largest absolute Gasteiger partial charge is 0.360 e. The summed E-state index contributed by atoms with van der Waals surface area (Å²) in [6.45, 7) is 5.07. The van der Waals surface area contributed by atoms with E-state index in [0.717, 1.165) is 11.3 Å². The molecule has 1 aromatic carbocycles. The van der Waals surface area contributed by atoms with E-state index in [0.29, 0.717) is 16.4 Å². The first-order valence-electron chi connectivity index (χ1n) is 7.71. The number of nitrogens with zero attached hydrogens (tertiary/aromatic N) is 2. The summed E-state index contributed by atoms with van der Waals surface area (Å²) in [6.07, 6.45) is 1.53. The monoisotopic (exact) mass is 392 g/mol. The Kier molecular flexibility index (Phi) is 4.88. The molecule has 0 amide bonds. The number of aromatic nitrogens is 2. The minimum Gasteiger partial charge on any atom is -0.360 e. The maximum atomic E-state index is 12.5. The van der Waals surface area contributed by atoms with Crippen molar-refractivity contribution >= 4 is 38.8 Å². The van der Waals surface area contributed by atoms with E-state index in [1.54, 1.807) is 26.0 Å². The van der Waals surface area contributed by atoms with Crippen molar-refractivity contribution in [3.05, 3.63) is 58.6 Å². The first kappa shape index (κ1) is 18.2. The summed E-state index contributed by atoms with van der Waals surface area (Å²) in [5.41, 5.74) is 2.88. The van der Waals surface area contributed by atoms with E-state index >= 15 is 0 Å². The Hall–Kier alpha value is -2.58. The molecule has 9 heteroatoms. The van der Waals surface area contributed by atoms with E-state index in [1.807, 2.05) is 25.1 Å². The number of halogens is 1. The number of nitrogens with one attached hydrogen (secondary N) is 2. The van der Waals surface area contributed by atoms with Gasteiger partial charge in [0, 0.05) is 10.7 Å². The van der Waals surface area contributed by atoms with Gasteiger partial charge in [-0.05, 0) is 50.6 Å². The standard InChI is InChI=1S/C17H17ClN4O3S/c1-10-4-5-13(18)8-15(10)20-14-6-7-16(19-9-14)22-26(23,24)17-11(2)21-25-12(17)3/h4-9,20H,1-3H3,(H,19,22). The van der Waals surface area contributed by atoms with Crippen molar-refractivity contribution in [2.75, 3.05) is 10.0 Å². The lowest BCUT2D eigenvalue weighted by molar-refractivity contribution is 0.390. The molecule has 0 aliphatic rings. The molecule has 0 unspecified atom stereocenters. The maximum absolute atomic E-state index is 12.5. The zero-order valence-corrected chi connectivity index (χ0v) is 15.9. The van der Waals surface area contributed by atoms with Crippen LogP contribution in [0.15, 0.2) is 45.9 Å². The van der Waals surface area contributed by atoms with E-state index in [-0.39, 0.29) is 16.5 Å². The highest BCUT2D eigenvalue weighted by atomic mass is 35.5. The van der Waals surface area contributed by atoms with Gasteiger partial charge in [-0.25, -0.2) is 13.4 Å². The van der Waals surface area contributed by atoms with Crippen molar-refractivity contribution in [2.24, 2.45) is 0 Å². The number of hydrogen-bond acceptors (Lipinski definition) is 6. The molecule has 7 nitrogen and oxygen atoms in total. The minimum atomic E-state index is -3.82. The van der Waals surface area contributed by atoms with Crippen molar-refractivity contribution in [3.8, 4) is 0 Å². The van der Waals surface area contributed by atoms with Crippen LogP contribution < -0.4 is 10.0 Å². The summed E-state index contributed by atoms with van der Waals surface area (Å²) in [7, 11) is -3.82. The molecule has 136 valence electrons. The zero-order valence-electron chi connectivity index (χ0n) is 14.4. The summed E-state index contributed by atoms with van der Waals surface area (Å²) in [4.78, 5) is 4.17. The minimum absolute atomic E-state index is 0.0241. The van der Waals surface area contributed by atoms with Crippen molar-refractivity contribution in [2.45, 2.75) is 25.7 Å². The second-order valence-electron chi connectivity index (χ2n) is 5.78. The number of pyridine rings is 1. The number of rotatable bonds is 5. The van der Waals surface area contributed by atoms with E-state index in [9.17, 15) is 8.42 Å². The molecule has 0 aliphatic carbocycles. The van der Waals surface area contributed by atoms with Crippen LogP contribution >= 0.6 is 11.6 Å². The summed E-state index contributed by atoms with van der Waals surface area (Å²) >= 11 is 6.01. The molecule has 26 heavy (non-hydrogen) atoms. The van der Waals surface area contributed by atoms with Gasteiger partial charge >= 0.3 is 0 Å². The lowest BCUT2D eigenvalue weighted by Gasteiger charge is -2.11. The Morgan fingerprint density at radius 1 is 1.12 bits per heavy atom. The van der Waals surface area contributed by atoms with Crippen molar-refractivity contribution < 1.29 is 12.9 Å². The highest BCUT2D eigenvalue weighted by Crippen LogP contribution is 2.25. The number of sulfonamides is 1. The van der Waals surface area contributed by atoms with Crippen LogP contribution in [0.2, 0.25) is 5.02 Å². The third-order valence-corrected chi connectivity index (χ3v) is 5.55. The molecule has 2 heterocycles. The summed E-state index contributed by atoms with van der Waals surface area (Å²) in [5, 5.41) is 7.48. The van der Waals surface area contributed by atoms with Gasteiger partial charge in [-0.2, -0.15) is 0 Å². The third-order valence-electron chi connectivity index (χ3n) is 3.72. The molecule has 0 saturated carbocycles. The van der Waals surface area contributed by atoms with E-state index in [4.69, 9.17) is 16.1 Å². The Bertz CT molecular complexity index is 1030. The molecule has 0 bridgehead atoms. The predicted molar refractivity (Wildman–Crippen MR) is 100 cm³/mol. The molecular weight excluding hydrogens is 376 g/mol. The van der Waals surface area contributed by atoms with Crippen LogP contribution in [0.4, 0.5) is 17.2 Å². The summed E-state index contributed by atoms with van der Waals surface area (Å²) in [5.74, 6) is 0.420. The quantitative estimate of drug-likeness (QED) is 0.675. The third kappa shape index (κ3) is 3.81. The van der Waals surface area contributed by atoms with Gasteiger partial charge in [0.05, 0.1) is 11.9 Å².